The lowest BCUT2D eigenvalue weighted by Crippen LogP contribution is -2.35. The van der Waals surface area contributed by atoms with Crippen molar-refractivity contribution in [1.29, 1.82) is 0 Å². The Morgan fingerprint density at radius 1 is 1.38 bits per heavy atom. The van der Waals surface area contributed by atoms with E-state index in [1.54, 1.807) is 18.9 Å². The first-order valence-electron chi connectivity index (χ1n) is 4.13. The second-order valence-corrected chi connectivity index (χ2v) is 2.96. The van der Waals surface area contributed by atoms with Crippen molar-refractivity contribution in [2.24, 2.45) is 0 Å². The third-order valence-electron chi connectivity index (χ3n) is 2.10. The van der Waals surface area contributed by atoms with Gasteiger partial charge in [-0.05, 0) is 19.1 Å². The predicted octanol–water partition coefficient (Wildman–Crippen LogP) is 1.60. The number of hydrogen-bond acceptors (Lipinski definition) is 2. The fourth-order valence-corrected chi connectivity index (χ4v) is 1.05. The molecular weight excluding hydrogens is 166 g/mol. The fourth-order valence-electron chi connectivity index (χ4n) is 1.05. The maximum absolute atomic E-state index is 10.7. The highest BCUT2D eigenvalue weighted by Gasteiger charge is 2.16. The molecule has 1 aromatic rings. The summed E-state index contributed by atoms with van der Waals surface area (Å²) in [4.78, 5) is 12.4. The van der Waals surface area contributed by atoms with E-state index in [0.717, 1.165) is 5.69 Å². The maximum atomic E-state index is 10.7. The number of nitrogens with zero attached hydrogens (tertiary/aromatic N) is 1. The lowest BCUT2D eigenvalue weighted by Gasteiger charge is -2.23. The molecule has 1 rings (SSSR count). The van der Waals surface area contributed by atoms with Crippen LogP contribution in [-0.2, 0) is 4.79 Å². The Morgan fingerprint density at radius 2 is 1.92 bits per heavy atom. The summed E-state index contributed by atoms with van der Waals surface area (Å²) in [7, 11) is 1.77. The van der Waals surface area contributed by atoms with E-state index in [2.05, 4.69) is 0 Å². The van der Waals surface area contributed by atoms with E-state index < -0.39 is 12.0 Å². The summed E-state index contributed by atoms with van der Waals surface area (Å²) < 4.78 is 0. The number of likely N-dealkylation sites (N-methyl/N-ethyl adjacent to an activating group) is 1. The van der Waals surface area contributed by atoms with Gasteiger partial charge in [0.1, 0.15) is 6.04 Å². The van der Waals surface area contributed by atoms with Crippen LogP contribution >= 0.6 is 0 Å². The van der Waals surface area contributed by atoms with Crippen molar-refractivity contribution in [3.8, 4) is 0 Å². The zero-order valence-electron chi connectivity index (χ0n) is 7.77. The number of anilines is 1. The summed E-state index contributed by atoms with van der Waals surface area (Å²) in [6.45, 7) is 1.66. The van der Waals surface area contributed by atoms with Crippen molar-refractivity contribution in [3.63, 3.8) is 0 Å². The molecule has 0 saturated carbocycles. The van der Waals surface area contributed by atoms with Crippen LogP contribution in [0.1, 0.15) is 6.92 Å². The topological polar surface area (TPSA) is 40.5 Å². The summed E-state index contributed by atoms with van der Waals surface area (Å²) in [6, 6.07) is 8.96. The molecule has 0 aliphatic carbocycles. The van der Waals surface area contributed by atoms with Crippen LogP contribution in [-0.4, -0.2) is 24.2 Å². The van der Waals surface area contributed by atoms with Crippen molar-refractivity contribution in [2.75, 3.05) is 11.9 Å². The molecule has 0 spiro atoms. The van der Waals surface area contributed by atoms with Crippen LogP contribution in [0.2, 0.25) is 0 Å². The van der Waals surface area contributed by atoms with Gasteiger partial charge >= 0.3 is 5.97 Å². The molecule has 0 aromatic heterocycles. The lowest BCUT2D eigenvalue weighted by molar-refractivity contribution is -0.138. The number of carboxylic acids is 1. The molecule has 0 aliphatic heterocycles. The molecule has 3 heteroatoms. The van der Waals surface area contributed by atoms with Gasteiger partial charge in [-0.15, -0.1) is 0 Å². The van der Waals surface area contributed by atoms with Crippen LogP contribution in [0.25, 0.3) is 0 Å². The number of benzene rings is 1. The number of rotatable bonds is 3. The average Bonchev–Trinajstić information content (AvgIpc) is 2.17. The van der Waals surface area contributed by atoms with Gasteiger partial charge in [0.05, 0.1) is 0 Å². The number of carboxylic acid groups (broad SMARTS) is 1. The van der Waals surface area contributed by atoms with Gasteiger partial charge in [-0.25, -0.2) is 4.79 Å². The van der Waals surface area contributed by atoms with Gasteiger partial charge in [-0.3, -0.25) is 0 Å². The standard InChI is InChI=1S/C10H13NO2/c1-8(10(12)13)11(2)9-6-4-3-5-7-9/h3-8H,1-2H3,(H,12,13)/t8-/m0/s1. The molecule has 0 unspecified atom stereocenters. The molecule has 0 heterocycles. The summed E-state index contributed by atoms with van der Waals surface area (Å²) in [6.07, 6.45) is 0. The second-order valence-electron chi connectivity index (χ2n) is 2.96. The predicted molar refractivity (Wildman–Crippen MR) is 51.9 cm³/mol. The van der Waals surface area contributed by atoms with Crippen molar-refractivity contribution >= 4 is 11.7 Å². The smallest absolute Gasteiger partial charge is 0.326 e. The van der Waals surface area contributed by atoms with Gasteiger partial charge in [-0.1, -0.05) is 18.2 Å². The van der Waals surface area contributed by atoms with E-state index in [0.29, 0.717) is 0 Å². The highest BCUT2D eigenvalue weighted by molar-refractivity contribution is 5.77. The van der Waals surface area contributed by atoms with Gasteiger partial charge in [-0.2, -0.15) is 0 Å². The van der Waals surface area contributed by atoms with Crippen molar-refractivity contribution in [2.45, 2.75) is 13.0 Å². The first-order chi connectivity index (χ1) is 6.13. The monoisotopic (exact) mass is 179 g/mol. The molecule has 70 valence electrons. The fraction of sp³-hybridized carbons (Fsp3) is 0.300. The minimum atomic E-state index is -0.814. The summed E-state index contributed by atoms with van der Waals surface area (Å²) in [5.74, 6) is -0.814. The number of carbonyl (C=O) groups is 1. The zero-order valence-corrected chi connectivity index (χ0v) is 7.77. The molecule has 0 saturated heterocycles. The van der Waals surface area contributed by atoms with Gasteiger partial charge in [0.15, 0.2) is 0 Å². The Hall–Kier alpha value is -1.51. The van der Waals surface area contributed by atoms with E-state index in [9.17, 15) is 4.79 Å². The molecule has 1 atom stereocenters. The summed E-state index contributed by atoms with van der Waals surface area (Å²) in [5.41, 5.74) is 0.914. The van der Waals surface area contributed by atoms with Gasteiger partial charge in [0.2, 0.25) is 0 Å². The largest absolute Gasteiger partial charge is 0.480 e. The third kappa shape index (κ3) is 2.21. The first-order valence-corrected chi connectivity index (χ1v) is 4.13. The van der Waals surface area contributed by atoms with E-state index >= 15 is 0 Å². The molecule has 1 aromatic carbocycles. The molecule has 0 aliphatic rings. The SMILES string of the molecule is C[C@@H](C(=O)O)N(C)c1ccccc1. The third-order valence-corrected chi connectivity index (χ3v) is 2.10. The Labute approximate surface area is 77.6 Å². The Balaban J connectivity index is 2.79. The Kier molecular flexibility index (Phi) is 2.90. The van der Waals surface area contributed by atoms with Gasteiger partial charge in [0, 0.05) is 12.7 Å². The first kappa shape index (κ1) is 9.58. The van der Waals surface area contributed by atoms with Crippen LogP contribution in [0, 0.1) is 0 Å². The molecule has 0 fully saturated rings. The zero-order chi connectivity index (χ0) is 9.84. The van der Waals surface area contributed by atoms with Gasteiger partial charge in [0.25, 0.3) is 0 Å². The van der Waals surface area contributed by atoms with E-state index in [4.69, 9.17) is 5.11 Å². The van der Waals surface area contributed by atoms with Crippen LogP contribution in [0.3, 0.4) is 0 Å². The lowest BCUT2D eigenvalue weighted by atomic mass is 10.2. The highest BCUT2D eigenvalue weighted by atomic mass is 16.4. The molecular formula is C10H13NO2. The normalized spacial score (nSPS) is 12.2. The van der Waals surface area contributed by atoms with Crippen molar-refractivity contribution in [3.05, 3.63) is 30.3 Å². The van der Waals surface area contributed by atoms with Crippen LogP contribution in [0.4, 0.5) is 5.69 Å². The quantitative estimate of drug-likeness (QED) is 0.766. The second kappa shape index (κ2) is 3.94. The van der Waals surface area contributed by atoms with Crippen LogP contribution in [0.15, 0.2) is 30.3 Å². The van der Waals surface area contributed by atoms with E-state index in [-0.39, 0.29) is 0 Å². The van der Waals surface area contributed by atoms with Gasteiger partial charge < -0.3 is 10.0 Å². The molecule has 3 nitrogen and oxygen atoms in total. The number of para-hydroxylation sites is 1. The molecule has 13 heavy (non-hydrogen) atoms. The highest BCUT2D eigenvalue weighted by Crippen LogP contribution is 2.13. The van der Waals surface area contributed by atoms with Crippen molar-refractivity contribution in [1.82, 2.24) is 0 Å². The Morgan fingerprint density at radius 3 is 2.38 bits per heavy atom. The maximum Gasteiger partial charge on any atom is 0.326 e. The van der Waals surface area contributed by atoms with Crippen LogP contribution < -0.4 is 4.90 Å². The molecule has 0 radical (unpaired) electrons. The molecule has 1 N–H and O–H groups in total. The average molecular weight is 179 g/mol. The summed E-state index contributed by atoms with van der Waals surface area (Å²) >= 11 is 0. The minimum absolute atomic E-state index is 0.498. The molecule has 0 amide bonds. The Bertz CT molecular complexity index is 284. The van der Waals surface area contributed by atoms with E-state index in [1.807, 2.05) is 30.3 Å². The molecule has 0 bridgehead atoms. The minimum Gasteiger partial charge on any atom is -0.480 e. The van der Waals surface area contributed by atoms with E-state index in [1.165, 1.54) is 0 Å². The van der Waals surface area contributed by atoms with Crippen molar-refractivity contribution < 1.29 is 9.90 Å². The summed E-state index contributed by atoms with van der Waals surface area (Å²) in [5, 5.41) is 8.77. The number of hydrogen-bond donors (Lipinski definition) is 1. The number of aliphatic carboxylic acids is 1. The van der Waals surface area contributed by atoms with Crippen LogP contribution in [0.5, 0.6) is 0 Å².